The van der Waals surface area contributed by atoms with E-state index in [0.29, 0.717) is 5.41 Å². The highest BCUT2D eigenvalue weighted by Crippen LogP contribution is 2.36. The molecule has 1 saturated carbocycles. The first kappa shape index (κ1) is 15.8. The van der Waals surface area contributed by atoms with E-state index in [1.165, 1.54) is 90.6 Å². The van der Waals surface area contributed by atoms with Gasteiger partial charge < -0.3 is 5.32 Å². The SMILES string of the molecule is CCNCC1(CN2CCN3CCCC3C2)CCCCCC1. The van der Waals surface area contributed by atoms with Gasteiger partial charge in [0.05, 0.1) is 0 Å². The second-order valence-electron chi connectivity index (χ2n) is 7.76. The molecule has 0 amide bonds. The lowest BCUT2D eigenvalue weighted by molar-refractivity contribution is 0.0568. The Morgan fingerprint density at radius 2 is 1.81 bits per heavy atom. The number of hydrogen-bond donors (Lipinski definition) is 1. The van der Waals surface area contributed by atoms with Crippen LogP contribution in [0.15, 0.2) is 0 Å². The predicted octanol–water partition coefficient (Wildman–Crippen LogP) is 2.72. The van der Waals surface area contributed by atoms with Gasteiger partial charge >= 0.3 is 0 Å². The fraction of sp³-hybridized carbons (Fsp3) is 1.00. The van der Waals surface area contributed by atoms with Crippen molar-refractivity contribution in [3.8, 4) is 0 Å². The van der Waals surface area contributed by atoms with E-state index in [4.69, 9.17) is 0 Å². The number of nitrogens with zero attached hydrogens (tertiary/aromatic N) is 2. The monoisotopic (exact) mass is 293 g/mol. The van der Waals surface area contributed by atoms with E-state index in [2.05, 4.69) is 22.0 Å². The molecule has 0 spiro atoms. The first-order chi connectivity index (χ1) is 10.3. The summed E-state index contributed by atoms with van der Waals surface area (Å²) >= 11 is 0. The highest BCUT2D eigenvalue weighted by atomic mass is 15.3. The third kappa shape index (κ3) is 4.00. The van der Waals surface area contributed by atoms with Gasteiger partial charge in [0.2, 0.25) is 0 Å². The van der Waals surface area contributed by atoms with Gasteiger partial charge in [-0.15, -0.1) is 0 Å². The van der Waals surface area contributed by atoms with Gasteiger partial charge in [-0.2, -0.15) is 0 Å². The molecule has 3 aliphatic rings. The normalized spacial score (nSPS) is 31.0. The number of hydrogen-bond acceptors (Lipinski definition) is 3. The van der Waals surface area contributed by atoms with E-state index in [1.54, 1.807) is 0 Å². The van der Waals surface area contributed by atoms with Crippen LogP contribution < -0.4 is 5.32 Å². The standard InChI is InChI=1S/C18H35N3/c1-2-19-15-18(9-5-3-4-6-10-18)16-20-12-13-21-11-7-8-17(21)14-20/h17,19H,2-16H2,1H3. The molecular formula is C18H35N3. The molecule has 1 unspecified atom stereocenters. The summed E-state index contributed by atoms with van der Waals surface area (Å²) in [5.41, 5.74) is 0.563. The van der Waals surface area contributed by atoms with Crippen molar-refractivity contribution in [2.75, 3.05) is 45.8 Å². The van der Waals surface area contributed by atoms with E-state index < -0.39 is 0 Å². The zero-order valence-electron chi connectivity index (χ0n) is 14.1. The minimum Gasteiger partial charge on any atom is -0.316 e. The lowest BCUT2D eigenvalue weighted by Gasteiger charge is -2.43. The molecule has 1 atom stereocenters. The van der Waals surface area contributed by atoms with E-state index in [-0.39, 0.29) is 0 Å². The quantitative estimate of drug-likeness (QED) is 0.786. The van der Waals surface area contributed by atoms with Crippen molar-refractivity contribution < 1.29 is 0 Å². The van der Waals surface area contributed by atoms with Gasteiger partial charge in [0, 0.05) is 38.8 Å². The Morgan fingerprint density at radius 3 is 2.57 bits per heavy atom. The van der Waals surface area contributed by atoms with E-state index >= 15 is 0 Å². The minimum absolute atomic E-state index is 0.563. The van der Waals surface area contributed by atoms with Crippen molar-refractivity contribution in [3.63, 3.8) is 0 Å². The van der Waals surface area contributed by atoms with Crippen LogP contribution in [0.2, 0.25) is 0 Å². The Bertz CT molecular complexity index is 310. The van der Waals surface area contributed by atoms with Crippen LogP contribution in [0.5, 0.6) is 0 Å². The molecule has 3 fully saturated rings. The maximum atomic E-state index is 3.69. The maximum Gasteiger partial charge on any atom is 0.0224 e. The average Bonchev–Trinajstić information content (AvgIpc) is 2.84. The second kappa shape index (κ2) is 7.43. The zero-order chi connectivity index (χ0) is 14.5. The van der Waals surface area contributed by atoms with Gasteiger partial charge in [0.15, 0.2) is 0 Å². The summed E-state index contributed by atoms with van der Waals surface area (Å²) in [5.74, 6) is 0. The van der Waals surface area contributed by atoms with Gasteiger partial charge in [-0.1, -0.05) is 32.6 Å². The van der Waals surface area contributed by atoms with Crippen LogP contribution in [0.1, 0.15) is 58.3 Å². The lowest BCUT2D eigenvalue weighted by Crippen LogP contribution is -2.54. The van der Waals surface area contributed by atoms with Gasteiger partial charge in [-0.05, 0) is 44.2 Å². The molecule has 0 aromatic rings. The number of rotatable bonds is 5. The van der Waals surface area contributed by atoms with E-state index in [0.717, 1.165) is 12.6 Å². The Balaban J connectivity index is 1.60. The van der Waals surface area contributed by atoms with Crippen LogP contribution in [-0.4, -0.2) is 61.7 Å². The molecule has 122 valence electrons. The van der Waals surface area contributed by atoms with E-state index in [1.807, 2.05) is 0 Å². The number of piperazine rings is 1. The van der Waals surface area contributed by atoms with Crippen molar-refractivity contribution in [3.05, 3.63) is 0 Å². The molecule has 21 heavy (non-hydrogen) atoms. The van der Waals surface area contributed by atoms with Crippen LogP contribution in [0.25, 0.3) is 0 Å². The zero-order valence-corrected chi connectivity index (χ0v) is 14.1. The van der Waals surface area contributed by atoms with Gasteiger partial charge in [-0.3, -0.25) is 9.80 Å². The summed E-state index contributed by atoms with van der Waals surface area (Å²) < 4.78 is 0. The molecule has 3 nitrogen and oxygen atoms in total. The Morgan fingerprint density at radius 1 is 1.00 bits per heavy atom. The molecule has 2 saturated heterocycles. The molecule has 2 heterocycles. The van der Waals surface area contributed by atoms with Crippen LogP contribution in [0.4, 0.5) is 0 Å². The Hall–Kier alpha value is -0.120. The summed E-state index contributed by atoms with van der Waals surface area (Å²) in [6, 6.07) is 0.876. The fourth-order valence-corrected chi connectivity index (χ4v) is 4.93. The Labute approximate surface area is 131 Å². The third-order valence-electron chi connectivity index (χ3n) is 6.14. The summed E-state index contributed by atoms with van der Waals surface area (Å²) in [7, 11) is 0. The molecule has 0 aromatic heterocycles. The highest BCUT2D eigenvalue weighted by Gasteiger charge is 2.36. The van der Waals surface area contributed by atoms with Crippen molar-refractivity contribution in [2.24, 2.45) is 5.41 Å². The first-order valence-electron chi connectivity index (χ1n) is 9.48. The second-order valence-corrected chi connectivity index (χ2v) is 7.76. The van der Waals surface area contributed by atoms with Gasteiger partial charge in [-0.25, -0.2) is 0 Å². The first-order valence-corrected chi connectivity index (χ1v) is 9.48. The number of nitrogens with one attached hydrogen (secondary N) is 1. The van der Waals surface area contributed by atoms with Crippen molar-refractivity contribution in [2.45, 2.75) is 64.3 Å². The highest BCUT2D eigenvalue weighted by molar-refractivity contribution is 4.92. The van der Waals surface area contributed by atoms with Crippen LogP contribution in [0, 0.1) is 5.41 Å². The third-order valence-corrected chi connectivity index (χ3v) is 6.14. The topological polar surface area (TPSA) is 18.5 Å². The largest absolute Gasteiger partial charge is 0.316 e. The average molecular weight is 293 g/mol. The van der Waals surface area contributed by atoms with E-state index in [9.17, 15) is 0 Å². The molecule has 1 aliphatic carbocycles. The molecule has 3 rings (SSSR count). The molecule has 0 radical (unpaired) electrons. The number of fused-ring (bicyclic) bond motifs is 1. The van der Waals surface area contributed by atoms with Crippen LogP contribution >= 0.6 is 0 Å². The summed E-state index contributed by atoms with van der Waals surface area (Å²) in [5, 5.41) is 3.69. The minimum atomic E-state index is 0.563. The van der Waals surface area contributed by atoms with Crippen molar-refractivity contribution >= 4 is 0 Å². The summed E-state index contributed by atoms with van der Waals surface area (Å²) in [6.45, 7) is 11.3. The smallest absolute Gasteiger partial charge is 0.0224 e. The molecule has 0 aromatic carbocycles. The maximum absolute atomic E-state index is 3.69. The molecule has 1 N–H and O–H groups in total. The lowest BCUT2D eigenvalue weighted by atomic mass is 9.79. The van der Waals surface area contributed by atoms with Crippen LogP contribution in [-0.2, 0) is 0 Å². The molecular weight excluding hydrogens is 258 g/mol. The summed E-state index contributed by atoms with van der Waals surface area (Å²) in [6.07, 6.45) is 11.6. The van der Waals surface area contributed by atoms with Crippen molar-refractivity contribution in [1.82, 2.24) is 15.1 Å². The molecule has 2 aliphatic heterocycles. The molecule has 3 heteroatoms. The van der Waals surface area contributed by atoms with Crippen LogP contribution in [0.3, 0.4) is 0 Å². The van der Waals surface area contributed by atoms with Crippen molar-refractivity contribution in [1.29, 1.82) is 0 Å². The van der Waals surface area contributed by atoms with Gasteiger partial charge in [0.25, 0.3) is 0 Å². The molecule has 0 bridgehead atoms. The van der Waals surface area contributed by atoms with Gasteiger partial charge in [0.1, 0.15) is 0 Å². The Kier molecular flexibility index (Phi) is 5.58. The predicted molar refractivity (Wildman–Crippen MR) is 89.7 cm³/mol. The fourth-order valence-electron chi connectivity index (χ4n) is 4.93. The summed E-state index contributed by atoms with van der Waals surface area (Å²) in [4.78, 5) is 5.55.